The summed E-state index contributed by atoms with van der Waals surface area (Å²) >= 11 is -2.56. The second kappa shape index (κ2) is 16.5. The summed E-state index contributed by atoms with van der Waals surface area (Å²) in [6, 6.07) is 0. The van der Waals surface area contributed by atoms with Gasteiger partial charge in [0.25, 0.3) is 0 Å². The zero-order chi connectivity index (χ0) is 31.6. The third-order valence-electron chi connectivity index (χ3n) is 9.09. The van der Waals surface area contributed by atoms with Crippen LogP contribution in [0, 0.1) is 5.41 Å². The van der Waals surface area contributed by atoms with Gasteiger partial charge in [-0.2, -0.15) is 0 Å². The first-order valence-electron chi connectivity index (χ1n) is 17.1. The van der Waals surface area contributed by atoms with E-state index in [1.54, 1.807) is 9.13 Å². The fraction of sp³-hybridized carbons (Fsp3) is 0.765. The van der Waals surface area contributed by atoms with E-state index in [4.69, 9.17) is 9.72 Å². The Bertz CT molecular complexity index is 1320. The summed E-state index contributed by atoms with van der Waals surface area (Å²) < 4.78 is 17.3. The van der Waals surface area contributed by atoms with Crippen LogP contribution < -0.4 is 11.2 Å². The minimum absolute atomic E-state index is 0.0710. The van der Waals surface area contributed by atoms with Gasteiger partial charge in [0.15, 0.2) is 0 Å². The van der Waals surface area contributed by atoms with E-state index in [2.05, 4.69) is 30.9 Å². The van der Waals surface area contributed by atoms with E-state index >= 15 is 0 Å². The fourth-order valence-electron chi connectivity index (χ4n) is 6.48. The Morgan fingerprint density at radius 2 is 1.49 bits per heavy atom. The summed E-state index contributed by atoms with van der Waals surface area (Å²) in [7, 11) is 0. The molecule has 0 aliphatic heterocycles. The minimum atomic E-state index is -2.56. The quantitative estimate of drug-likeness (QED) is 0.123. The van der Waals surface area contributed by atoms with E-state index in [1.807, 2.05) is 27.7 Å². The number of carbonyl (C=O) groups excluding carboxylic acids is 1. The first-order chi connectivity index (χ1) is 20.5. The third kappa shape index (κ3) is 8.88. The summed E-state index contributed by atoms with van der Waals surface area (Å²) in [5.41, 5.74) is -0.493. The van der Waals surface area contributed by atoms with Crippen molar-refractivity contribution in [1.29, 1.82) is 0 Å². The molecule has 0 radical (unpaired) electrons. The number of fused-ring (bicyclic) bond motifs is 1. The fourth-order valence-corrected chi connectivity index (χ4v) is 20.8. The molecule has 3 rings (SSSR count). The van der Waals surface area contributed by atoms with Crippen molar-refractivity contribution in [3.05, 3.63) is 36.8 Å². The van der Waals surface area contributed by atoms with Gasteiger partial charge in [-0.25, -0.2) is 0 Å². The maximum absolute atomic E-state index is 13.9. The molecule has 0 saturated heterocycles. The molecule has 0 N–H and O–H groups in total. The zero-order valence-corrected chi connectivity index (χ0v) is 31.0. The van der Waals surface area contributed by atoms with E-state index in [0.29, 0.717) is 30.7 Å². The average molecular weight is 706 g/mol. The summed E-state index contributed by atoms with van der Waals surface area (Å²) in [6.45, 7) is 15.0. The van der Waals surface area contributed by atoms with Crippen molar-refractivity contribution in [2.75, 3.05) is 0 Å². The van der Waals surface area contributed by atoms with Crippen molar-refractivity contribution < 1.29 is 9.53 Å². The van der Waals surface area contributed by atoms with Gasteiger partial charge in [0.05, 0.1) is 0 Å². The predicted octanol–water partition coefficient (Wildman–Crippen LogP) is 7.92. The average Bonchev–Trinajstić information content (AvgIpc) is 3.64. The first kappa shape index (κ1) is 35.6. The molecule has 0 aromatic carbocycles. The van der Waals surface area contributed by atoms with Crippen LogP contribution in [0.1, 0.15) is 131 Å². The van der Waals surface area contributed by atoms with Crippen molar-refractivity contribution in [2.24, 2.45) is 5.41 Å². The standard InChI is InChI=1S/C22H31N4O4.3C4H9.Sn/c1-6-12-24-18-16(19(27)25(13-7-2)21(24)29)26(14-30-20(28)22(3,4)5)17(23-18)15-10-8-9-11-15;3*1-3-4-2;/h1,6,15H,7-14H2,2-5H3;3*1,3-4H2,2H3;. The molecule has 0 spiro atoms. The number of allylic oxidation sites excluding steroid dienone is 1. The zero-order valence-electron chi connectivity index (χ0n) is 28.2. The van der Waals surface area contributed by atoms with Crippen LogP contribution >= 0.6 is 0 Å². The van der Waals surface area contributed by atoms with Crippen molar-refractivity contribution in [3.8, 4) is 0 Å². The monoisotopic (exact) mass is 706 g/mol. The molecule has 2 aromatic rings. The van der Waals surface area contributed by atoms with Gasteiger partial charge in [-0.3, -0.25) is 0 Å². The van der Waals surface area contributed by atoms with Gasteiger partial charge in [0, 0.05) is 0 Å². The summed E-state index contributed by atoms with van der Waals surface area (Å²) in [6.07, 6.45) is 14.6. The van der Waals surface area contributed by atoms with Crippen LogP contribution in [0.25, 0.3) is 11.2 Å². The second-order valence-corrected chi connectivity index (χ2v) is 26.8. The number of hydrogen-bond acceptors (Lipinski definition) is 5. The van der Waals surface area contributed by atoms with Gasteiger partial charge < -0.3 is 0 Å². The number of carbonyl (C=O) groups is 1. The number of aromatic nitrogens is 4. The molecule has 1 saturated carbocycles. The molecule has 2 aromatic heterocycles. The summed E-state index contributed by atoms with van der Waals surface area (Å²) in [5, 5.41) is 0. The summed E-state index contributed by atoms with van der Waals surface area (Å²) in [5.74, 6) is 0.617. The molecular formula is C34H58N4O4Sn. The molecule has 1 aliphatic rings. The Labute approximate surface area is 263 Å². The van der Waals surface area contributed by atoms with Crippen LogP contribution in [0.3, 0.4) is 0 Å². The van der Waals surface area contributed by atoms with E-state index in [-0.39, 0.29) is 29.9 Å². The van der Waals surface area contributed by atoms with Gasteiger partial charge in [-0.15, -0.1) is 0 Å². The van der Waals surface area contributed by atoms with E-state index in [9.17, 15) is 14.4 Å². The van der Waals surface area contributed by atoms with Gasteiger partial charge >= 0.3 is 264 Å². The van der Waals surface area contributed by atoms with Crippen LogP contribution in [-0.2, 0) is 29.4 Å². The van der Waals surface area contributed by atoms with Crippen LogP contribution in [0.4, 0.5) is 0 Å². The maximum atomic E-state index is 13.9. The number of esters is 1. The number of unbranched alkanes of at least 4 members (excludes halogenated alkanes) is 3. The first-order valence-corrected chi connectivity index (χ1v) is 24.8. The molecule has 1 aliphatic carbocycles. The van der Waals surface area contributed by atoms with Gasteiger partial charge in [-0.1, -0.05) is 0 Å². The number of ether oxygens (including phenoxy) is 1. The third-order valence-corrected chi connectivity index (χ3v) is 23.3. The van der Waals surface area contributed by atoms with Gasteiger partial charge in [0.2, 0.25) is 0 Å². The van der Waals surface area contributed by atoms with Crippen LogP contribution in [0.2, 0.25) is 13.3 Å². The van der Waals surface area contributed by atoms with Gasteiger partial charge in [-0.05, 0) is 0 Å². The molecule has 0 atom stereocenters. The predicted molar refractivity (Wildman–Crippen MR) is 179 cm³/mol. The topological polar surface area (TPSA) is 88.1 Å². The van der Waals surface area contributed by atoms with Crippen molar-refractivity contribution in [1.82, 2.24) is 18.7 Å². The van der Waals surface area contributed by atoms with Crippen LogP contribution in [0.15, 0.2) is 19.8 Å². The molecule has 1 fully saturated rings. The number of rotatable bonds is 17. The van der Waals surface area contributed by atoms with E-state index in [0.717, 1.165) is 31.5 Å². The normalized spacial score (nSPS) is 14.9. The second-order valence-electron chi connectivity index (χ2n) is 13.8. The van der Waals surface area contributed by atoms with E-state index < -0.39 is 23.8 Å². The molecular weight excluding hydrogens is 647 g/mol. The number of imidazole rings is 1. The Balaban J connectivity index is 2.16. The number of hydrogen-bond donors (Lipinski definition) is 0. The Kier molecular flexibility index (Phi) is 13.6. The van der Waals surface area contributed by atoms with E-state index in [1.165, 1.54) is 56.4 Å². The molecule has 2 heterocycles. The Morgan fingerprint density at radius 1 is 0.907 bits per heavy atom. The van der Waals surface area contributed by atoms with Crippen molar-refractivity contribution in [3.63, 3.8) is 0 Å². The molecule has 8 nitrogen and oxygen atoms in total. The van der Waals surface area contributed by atoms with Crippen molar-refractivity contribution in [2.45, 2.75) is 158 Å². The molecule has 0 amide bonds. The molecule has 0 bridgehead atoms. The Morgan fingerprint density at radius 3 is 2.00 bits per heavy atom. The molecule has 43 heavy (non-hydrogen) atoms. The molecule has 242 valence electrons. The van der Waals surface area contributed by atoms with Gasteiger partial charge in [0.1, 0.15) is 0 Å². The van der Waals surface area contributed by atoms with Crippen LogP contribution in [0.5, 0.6) is 0 Å². The van der Waals surface area contributed by atoms with Crippen LogP contribution in [-0.4, -0.2) is 43.0 Å². The number of nitrogens with zero attached hydrogens (tertiary/aromatic N) is 4. The Hall–Kier alpha value is -1.84. The van der Waals surface area contributed by atoms with Crippen molar-refractivity contribution >= 4 is 35.5 Å². The molecule has 0 unspecified atom stereocenters. The molecule has 9 heteroatoms. The SMILES string of the molecule is CCC[CH2][Sn]([CH]=CCn1c(=O)n(CCC)c(=O)c2c1nc(C1CCCC1)n2COC(=O)C(C)(C)C)([CH2]CCC)[CH2]CCC. The summed E-state index contributed by atoms with van der Waals surface area (Å²) in [4.78, 5) is 45.6.